The Morgan fingerprint density at radius 2 is 0.333 bits per heavy atom. The van der Waals surface area contributed by atoms with Gasteiger partial charge in [0.05, 0.1) is 0 Å². The molecule has 0 aliphatic carbocycles. The van der Waals surface area contributed by atoms with Crippen molar-refractivity contribution in [1.29, 1.82) is 0 Å². The maximum Gasteiger partial charge on any atom is 0.313 e. The van der Waals surface area contributed by atoms with Gasteiger partial charge in [0, 0.05) is 12.8 Å². The Labute approximate surface area is 360 Å². The number of carbonyl (C=O) groups is 2. The molecule has 0 saturated heterocycles. The molecule has 0 aliphatic heterocycles. The van der Waals surface area contributed by atoms with Crippen molar-refractivity contribution in [1.82, 2.24) is 0 Å². The number of hydrogen-bond acceptors (Lipinski definition) is 3. The predicted molar refractivity (Wildman–Crippen MR) is 253 cm³/mol. The average Bonchev–Trinajstić information content (AvgIpc) is 3.21. The Balaban J connectivity index is 3.23. The fraction of sp³-hybridized carbons (Fsp3) is 0.963. The van der Waals surface area contributed by atoms with Gasteiger partial charge in [0.25, 0.3) is 0 Å². The molecule has 0 aliphatic rings. The molecule has 0 saturated carbocycles. The molecule has 0 aromatic heterocycles. The van der Waals surface area contributed by atoms with Crippen LogP contribution in [0.4, 0.5) is 0 Å². The van der Waals surface area contributed by atoms with Gasteiger partial charge in [-0.15, -0.1) is 0 Å². The van der Waals surface area contributed by atoms with Gasteiger partial charge >= 0.3 is 11.9 Å². The standard InChI is InChI=1S/C54H106O3/c1-3-5-7-9-11-13-15-17-19-21-23-25-26-27-28-29-30-32-34-36-38-40-42-44-46-48-50-52-54(56)57-53(55)51-49-47-45-43-41-39-37-35-33-31-24-22-20-18-16-14-12-10-8-6-4-2/h3-52H2,1-2H3. The van der Waals surface area contributed by atoms with Crippen molar-refractivity contribution in [3.05, 3.63) is 0 Å². The van der Waals surface area contributed by atoms with Gasteiger partial charge in [-0.2, -0.15) is 0 Å². The van der Waals surface area contributed by atoms with E-state index in [0.717, 1.165) is 25.7 Å². The monoisotopic (exact) mass is 803 g/mol. The van der Waals surface area contributed by atoms with Crippen LogP contribution >= 0.6 is 0 Å². The lowest BCUT2D eigenvalue weighted by molar-refractivity contribution is -0.159. The van der Waals surface area contributed by atoms with E-state index in [1.807, 2.05) is 0 Å². The normalized spacial score (nSPS) is 11.5. The van der Waals surface area contributed by atoms with Crippen molar-refractivity contribution in [3.8, 4) is 0 Å². The quantitative estimate of drug-likeness (QED) is 0.0350. The van der Waals surface area contributed by atoms with E-state index in [0.29, 0.717) is 12.8 Å². The minimum atomic E-state index is -0.317. The van der Waals surface area contributed by atoms with Gasteiger partial charge < -0.3 is 4.74 Å². The summed E-state index contributed by atoms with van der Waals surface area (Å²) in [5.41, 5.74) is 0. The highest BCUT2D eigenvalue weighted by Gasteiger charge is 2.10. The van der Waals surface area contributed by atoms with Gasteiger partial charge in [-0.25, -0.2) is 0 Å². The van der Waals surface area contributed by atoms with E-state index in [1.54, 1.807) is 0 Å². The Bertz CT molecular complexity index is 762. The van der Waals surface area contributed by atoms with Gasteiger partial charge in [0.15, 0.2) is 0 Å². The molecule has 0 fully saturated rings. The van der Waals surface area contributed by atoms with E-state index in [1.165, 1.54) is 283 Å². The molecule has 0 spiro atoms. The maximum atomic E-state index is 12.1. The highest BCUT2D eigenvalue weighted by Crippen LogP contribution is 2.18. The minimum Gasteiger partial charge on any atom is -0.393 e. The highest BCUT2D eigenvalue weighted by atomic mass is 16.6. The van der Waals surface area contributed by atoms with Crippen LogP contribution in [0.2, 0.25) is 0 Å². The van der Waals surface area contributed by atoms with Crippen LogP contribution < -0.4 is 0 Å². The summed E-state index contributed by atoms with van der Waals surface area (Å²) in [6.45, 7) is 4.60. The van der Waals surface area contributed by atoms with Crippen LogP contribution in [0.25, 0.3) is 0 Å². The largest absolute Gasteiger partial charge is 0.393 e. The number of hydrogen-bond donors (Lipinski definition) is 0. The summed E-state index contributed by atoms with van der Waals surface area (Å²) < 4.78 is 5.08. The predicted octanol–water partition coefficient (Wildman–Crippen LogP) is 19.6. The maximum absolute atomic E-state index is 12.1. The third-order valence-corrected chi connectivity index (χ3v) is 12.7. The number of esters is 2. The second-order valence-corrected chi connectivity index (χ2v) is 18.6. The number of carbonyl (C=O) groups excluding carboxylic acids is 2. The molecule has 0 heterocycles. The lowest BCUT2D eigenvalue weighted by Crippen LogP contribution is -2.11. The molecule has 0 radical (unpaired) electrons. The van der Waals surface area contributed by atoms with Crippen molar-refractivity contribution in [2.75, 3.05) is 0 Å². The van der Waals surface area contributed by atoms with Crippen LogP contribution in [0, 0.1) is 0 Å². The molecule has 0 amide bonds. The van der Waals surface area contributed by atoms with Crippen LogP contribution in [-0.2, 0) is 14.3 Å². The molecule has 3 heteroatoms. The first-order valence-electron chi connectivity index (χ1n) is 26.9. The summed E-state index contributed by atoms with van der Waals surface area (Å²) >= 11 is 0. The zero-order valence-electron chi connectivity index (χ0n) is 39.6. The topological polar surface area (TPSA) is 43.4 Å². The highest BCUT2D eigenvalue weighted by molar-refractivity contribution is 5.85. The molecular weight excluding hydrogens is 697 g/mol. The van der Waals surface area contributed by atoms with Crippen molar-refractivity contribution in [2.24, 2.45) is 0 Å². The first-order valence-corrected chi connectivity index (χ1v) is 26.9. The fourth-order valence-corrected chi connectivity index (χ4v) is 8.69. The molecule has 0 unspecified atom stereocenters. The first-order chi connectivity index (χ1) is 28.2. The van der Waals surface area contributed by atoms with Crippen molar-refractivity contribution in [2.45, 2.75) is 335 Å². The molecule has 3 nitrogen and oxygen atoms in total. The molecule has 0 bridgehead atoms. The van der Waals surface area contributed by atoms with Crippen LogP contribution in [0.1, 0.15) is 335 Å². The second kappa shape index (κ2) is 51.3. The van der Waals surface area contributed by atoms with Crippen LogP contribution in [0.3, 0.4) is 0 Å². The van der Waals surface area contributed by atoms with E-state index >= 15 is 0 Å². The third kappa shape index (κ3) is 51.2. The van der Waals surface area contributed by atoms with Crippen LogP contribution in [0.15, 0.2) is 0 Å². The van der Waals surface area contributed by atoms with E-state index in [-0.39, 0.29) is 11.9 Å². The van der Waals surface area contributed by atoms with Gasteiger partial charge in [0.2, 0.25) is 0 Å². The van der Waals surface area contributed by atoms with E-state index in [2.05, 4.69) is 13.8 Å². The van der Waals surface area contributed by atoms with Gasteiger partial charge in [0.1, 0.15) is 0 Å². The first kappa shape index (κ1) is 56.1. The van der Waals surface area contributed by atoms with Gasteiger partial charge in [-0.3, -0.25) is 9.59 Å². The number of unbranched alkanes of at least 4 members (excludes halogenated alkanes) is 46. The van der Waals surface area contributed by atoms with Gasteiger partial charge in [-0.05, 0) is 12.8 Å². The molecule has 0 rings (SSSR count). The number of rotatable bonds is 50. The van der Waals surface area contributed by atoms with Gasteiger partial charge in [-0.1, -0.05) is 309 Å². The minimum absolute atomic E-state index is 0.317. The molecular formula is C54H106O3. The Morgan fingerprint density at radius 1 is 0.211 bits per heavy atom. The Morgan fingerprint density at radius 3 is 0.474 bits per heavy atom. The summed E-state index contributed by atoms with van der Waals surface area (Å²) in [6, 6.07) is 0. The average molecular weight is 803 g/mol. The summed E-state index contributed by atoms with van der Waals surface area (Å²) in [5, 5.41) is 0. The lowest BCUT2D eigenvalue weighted by Gasteiger charge is -2.05. The van der Waals surface area contributed by atoms with Crippen LogP contribution in [0.5, 0.6) is 0 Å². The van der Waals surface area contributed by atoms with E-state index < -0.39 is 0 Å². The molecule has 57 heavy (non-hydrogen) atoms. The fourth-order valence-electron chi connectivity index (χ4n) is 8.69. The van der Waals surface area contributed by atoms with Crippen molar-refractivity contribution in [3.63, 3.8) is 0 Å². The smallest absolute Gasteiger partial charge is 0.313 e. The summed E-state index contributed by atoms with van der Waals surface area (Å²) in [7, 11) is 0. The van der Waals surface area contributed by atoms with E-state index in [4.69, 9.17) is 4.74 Å². The third-order valence-electron chi connectivity index (χ3n) is 12.7. The summed E-state index contributed by atoms with van der Waals surface area (Å²) in [5.74, 6) is -0.633. The van der Waals surface area contributed by atoms with E-state index in [9.17, 15) is 9.59 Å². The second-order valence-electron chi connectivity index (χ2n) is 18.6. The number of ether oxygens (including phenoxy) is 1. The molecule has 0 atom stereocenters. The van der Waals surface area contributed by atoms with Crippen molar-refractivity contribution < 1.29 is 14.3 Å². The zero-order valence-corrected chi connectivity index (χ0v) is 39.6. The Kier molecular flexibility index (Phi) is 50.5. The molecule has 0 aromatic rings. The van der Waals surface area contributed by atoms with Crippen molar-refractivity contribution >= 4 is 11.9 Å². The lowest BCUT2D eigenvalue weighted by atomic mass is 10.0. The summed E-state index contributed by atoms with van der Waals surface area (Å²) in [4.78, 5) is 24.1. The Hall–Kier alpha value is -0.860. The summed E-state index contributed by atoms with van der Waals surface area (Å²) in [6.07, 6.45) is 66.7. The SMILES string of the molecule is CCCCCCCCCCCCCCCCCCCCCCCCCCCCCC(=O)OC(=O)CCCCCCCCCCCCCCCCCCCCCCC. The zero-order chi connectivity index (χ0) is 41.2. The molecule has 0 N–H and O–H groups in total. The molecule has 0 aromatic carbocycles. The molecule has 340 valence electrons. The van der Waals surface area contributed by atoms with Crippen LogP contribution in [-0.4, -0.2) is 11.9 Å².